The molecule has 0 unspecified atom stereocenters. The minimum atomic E-state index is -0.668. The molecule has 1 heterocycles. The number of methoxy groups -OCH3 is 1. The van der Waals surface area contributed by atoms with Crippen molar-refractivity contribution < 1.29 is 19.0 Å². The molecule has 0 aliphatic carbocycles. The van der Waals surface area contributed by atoms with Gasteiger partial charge in [0.25, 0.3) is 5.56 Å². The smallest absolute Gasteiger partial charge is 0.349 e. The minimum Gasteiger partial charge on any atom is -0.490 e. The van der Waals surface area contributed by atoms with Crippen molar-refractivity contribution in [1.82, 2.24) is 9.66 Å². The van der Waals surface area contributed by atoms with Gasteiger partial charge in [0.15, 0.2) is 18.1 Å². The van der Waals surface area contributed by atoms with Crippen LogP contribution in [0.4, 0.5) is 0 Å². The molecule has 9 nitrogen and oxygen atoms in total. The first-order chi connectivity index (χ1) is 14.9. The van der Waals surface area contributed by atoms with Gasteiger partial charge in [-0.2, -0.15) is 5.10 Å². The molecule has 0 amide bonds. The SMILES string of the molecule is CCOc1cc(C=Nn2c(=O)[nH]c3ccccc3c2=O)c(Br)c(Br)c1OCC(=O)OC. The maximum absolute atomic E-state index is 12.6. The van der Waals surface area contributed by atoms with Crippen LogP contribution in [-0.2, 0) is 9.53 Å². The van der Waals surface area contributed by atoms with E-state index in [0.29, 0.717) is 37.8 Å². The zero-order valence-corrected chi connectivity index (χ0v) is 19.7. The number of nitrogens with zero attached hydrogens (tertiary/aromatic N) is 2. The second-order valence-corrected chi connectivity index (χ2v) is 7.64. The predicted octanol–water partition coefficient (Wildman–Crippen LogP) is 3.05. The fraction of sp³-hybridized carbons (Fsp3) is 0.200. The third kappa shape index (κ3) is 4.88. The topological polar surface area (TPSA) is 112 Å². The molecule has 0 aliphatic rings. The molecule has 0 bridgehead atoms. The number of carbonyl (C=O) groups is 1. The van der Waals surface area contributed by atoms with Gasteiger partial charge in [0.1, 0.15) is 0 Å². The van der Waals surface area contributed by atoms with Crippen LogP contribution in [0.3, 0.4) is 0 Å². The Balaban J connectivity index is 2.05. The van der Waals surface area contributed by atoms with Gasteiger partial charge < -0.3 is 19.2 Å². The second kappa shape index (κ2) is 9.92. The van der Waals surface area contributed by atoms with E-state index in [1.807, 2.05) is 0 Å². The lowest BCUT2D eigenvalue weighted by atomic mass is 10.2. The Morgan fingerprint density at radius 3 is 2.65 bits per heavy atom. The van der Waals surface area contributed by atoms with Gasteiger partial charge in [-0.15, -0.1) is 4.68 Å². The predicted molar refractivity (Wildman–Crippen MR) is 122 cm³/mol. The highest BCUT2D eigenvalue weighted by Gasteiger charge is 2.18. The summed E-state index contributed by atoms with van der Waals surface area (Å²) in [6.45, 7) is 1.82. The van der Waals surface area contributed by atoms with Gasteiger partial charge in [0.2, 0.25) is 0 Å². The van der Waals surface area contributed by atoms with Gasteiger partial charge in [-0.25, -0.2) is 9.59 Å². The fourth-order valence-electron chi connectivity index (χ4n) is 2.66. The van der Waals surface area contributed by atoms with E-state index in [1.54, 1.807) is 37.3 Å². The average Bonchev–Trinajstić information content (AvgIpc) is 2.76. The number of nitrogens with one attached hydrogen (secondary N) is 1. The van der Waals surface area contributed by atoms with Crippen molar-refractivity contribution in [2.75, 3.05) is 20.3 Å². The van der Waals surface area contributed by atoms with E-state index in [0.717, 1.165) is 4.68 Å². The Morgan fingerprint density at radius 2 is 1.94 bits per heavy atom. The molecule has 0 saturated heterocycles. The molecule has 162 valence electrons. The van der Waals surface area contributed by atoms with Crippen LogP contribution in [-0.4, -0.2) is 42.2 Å². The van der Waals surface area contributed by atoms with Crippen LogP contribution in [0.2, 0.25) is 0 Å². The molecule has 1 N–H and O–H groups in total. The number of ether oxygens (including phenoxy) is 3. The van der Waals surface area contributed by atoms with Gasteiger partial charge in [-0.1, -0.05) is 12.1 Å². The number of hydrogen-bond donors (Lipinski definition) is 1. The Hall–Kier alpha value is -2.92. The van der Waals surface area contributed by atoms with E-state index < -0.39 is 17.2 Å². The van der Waals surface area contributed by atoms with Crippen molar-refractivity contribution in [1.29, 1.82) is 0 Å². The highest BCUT2D eigenvalue weighted by atomic mass is 79.9. The van der Waals surface area contributed by atoms with E-state index in [-0.39, 0.29) is 12.4 Å². The number of esters is 1. The second-order valence-electron chi connectivity index (χ2n) is 6.06. The van der Waals surface area contributed by atoms with E-state index in [2.05, 4.69) is 46.7 Å². The Labute approximate surface area is 192 Å². The monoisotopic (exact) mass is 553 g/mol. The quantitative estimate of drug-likeness (QED) is 0.355. The molecule has 0 atom stereocenters. The summed E-state index contributed by atoms with van der Waals surface area (Å²) in [7, 11) is 1.26. The first kappa shape index (κ1) is 22.8. The molecular weight excluding hydrogens is 538 g/mol. The van der Waals surface area contributed by atoms with Crippen molar-refractivity contribution in [3.8, 4) is 11.5 Å². The number of benzene rings is 2. The Kier molecular flexibility index (Phi) is 7.29. The summed E-state index contributed by atoms with van der Waals surface area (Å²) >= 11 is 6.84. The number of para-hydroxylation sites is 1. The van der Waals surface area contributed by atoms with Gasteiger partial charge in [-0.05, 0) is 57.0 Å². The summed E-state index contributed by atoms with van der Waals surface area (Å²) in [6.07, 6.45) is 1.34. The molecular formula is C20H17Br2N3O6. The largest absolute Gasteiger partial charge is 0.490 e. The maximum Gasteiger partial charge on any atom is 0.349 e. The maximum atomic E-state index is 12.6. The highest BCUT2D eigenvalue weighted by Crippen LogP contribution is 2.42. The number of aromatic nitrogens is 2. The normalized spacial score (nSPS) is 11.1. The zero-order valence-electron chi connectivity index (χ0n) is 16.5. The lowest BCUT2D eigenvalue weighted by Gasteiger charge is -2.15. The third-order valence-electron chi connectivity index (χ3n) is 4.11. The van der Waals surface area contributed by atoms with Gasteiger partial charge in [-0.3, -0.25) is 4.79 Å². The lowest BCUT2D eigenvalue weighted by Crippen LogP contribution is -2.32. The molecule has 3 rings (SSSR count). The van der Waals surface area contributed by atoms with Crippen LogP contribution in [0.25, 0.3) is 10.9 Å². The van der Waals surface area contributed by atoms with Gasteiger partial charge in [0, 0.05) is 10.0 Å². The fourth-order valence-corrected chi connectivity index (χ4v) is 3.60. The standard InChI is InChI=1S/C20H17Br2N3O6/c1-3-30-14-8-11(16(21)17(22)18(14)31-10-15(26)29-2)9-23-25-19(27)12-6-4-5-7-13(12)24-20(25)28/h4-9H,3,10H2,1-2H3,(H,24,28). The molecule has 2 aromatic carbocycles. The summed E-state index contributed by atoms with van der Waals surface area (Å²) in [5.74, 6) is 0.0747. The number of aromatic amines is 1. The van der Waals surface area contributed by atoms with E-state index >= 15 is 0 Å². The van der Waals surface area contributed by atoms with Crippen LogP contribution in [0.5, 0.6) is 11.5 Å². The summed E-state index contributed by atoms with van der Waals surface area (Å²) in [4.78, 5) is 39.0. The Bertz CT molecular complexity index is 1280. The number of H-pyrrole nitrogens is 1. The zero-order chi connectivity index (χ0) is 22.5. The van der Waals surface area contributed by atoms with Crippen LogP contribution < -0.4 is 20.7 Å². The molecule has 0 saturated carbocycles. The molecule has 0 radical (unpaired) electrons. The average molecular weight is 555 g/mol. The van der Waals surface area contributed by atoms with Crippen molar-refractivity contribution in [3.05, 3.63) is 65.7 Å². The van der Waals surface area contributed by atoms with Gasteiger partial charge >= 0.3 is 11.7 Å². The van der Waals surface area contributed by atoms with Crippen LogP contribution >= 0.6 is 31.9 Å². The lowest BCUT2D eigenvalue weighted by molar-refractivity contribution is -0.142. The van der Waals surface area contributed by atoms with Crippen LogP contribution in [0.1, 0.15) is 12.5 Å². The van der Waals surface area contributed by atoms with Crippen molar-refractivity contribution >= 4 is 54.9 Å². The van der Waals surface area contributed by atoms with Gasteiger partial charge in [0.05, 0.1) is 35.3 Å². The van der Waals surface area contributed by atoms with E-state index in [9.17, 15) is 14.4 Å². The van der Waals surface area contributed by atoms with Crippen LogP contribution in [0.15, 0.2) is 54.0 Å². The van der Waals surface area contributed by atoms with Crippen molar-refractivity contribution in [2.45, 2.75) is 6.92 Å². The third-order valence-corrected chi connectivity index (χ3v) is 6.26. The number of fused-ring (bicyclic) bond motifs is 1. The van der Waals surface area contributed by atoms with Crippen molar-refractivity contribution in [2.24, 2.45) is 5.10 Å². The summed E-state index contributed by atoms with van der Waals surface area (Å²) < 4.78 is 17.4. The summed E-state index contributed by atoms with van der Waals surface area (Å²) in [5.41, 5.74) is -0.286. The molecule has 0 fully saturated rings. The van der Waals surface area contributed by atoms with Crippen LogP contribution in [0, 0.1) is 0 Å². The van der Waals surface area contributed by atoms with E-state index in [4.69, 9.17) is 9.47 Å². The van der Waals surface area contributed by atoms with Crippen molar-refractivity contribution in [3.63, 3.8) is 0 Å². The number of carbonyl (C=O) groups excluding carboxylic acids is 1. The molecule has 3 aromatic rings. The molecule has 0 aliphatic heterocycles. The molecule has 11 heteroatoms. The first-order valence-electron chi connectivity index (χ1n) is 9.00. The summed E-state index contributed by atoms with van der Waals surface area (Å²) in [5, 5.41) is 4.39. The number of rotatable bonds is 7. The van der Waals surface area contributed by atoms with E-state index in [1.165, 1.54) is 13.3 Å². The molecule has 1 aromatic heterocycles. The first-order valence-corrected chi connectivity index (χ1v) is 10.6. The minimum absolute atomic E-state index is 0.289. The highest BCUT2D eigenvalue weighted by molar-refractivity contribution is 9.13. The number of hydrogen-bond acceptors (Lipinski definition) is 7. The molecule has 31 heavy (non-hydrogen) atoms. The number of halogens is 2. The Morgan fingerprint density at radius 1 is 1.19 bits per heavy atom. The molecule has 0 spiro atoms. The summed E-state index contributed by atoms with van der Waals surface area (Å²) in [6, 6.07) is 8.27.